The van der Waals surface area contributed by atoms with Crippen molar-refractivity contribution in [3.63, 3.8) is 0 Å². The molecule has 0 saturated carbocycles. The van der Waals surface area contributed by atoms with Crippen molar-refractivity contribution in [3.8, 4) is 5.75 Å². The molecule has 0 aromatic heterocycles. The van der Waals surface area contributed by atoms with Crippen molar-refractivity contribution in [1.29, 1.82) is 0 Å². The topological polar surface area (TPSA) is 105 Å². The zero-order valence-electron chi connectivity index (χ0n) is 13.9. The maximum Gasteiger partial charge on any atom is 0.341 e. The number of nitrogens with one attached hydrogen (secondary N) is 2. The number of esters is 1. The maximum absolute atomic E-state index is 12.8. The van der Waals surface area contributed by atoms with Crippen molar-refractivity contribution in [2.24, 2.45) is 0 Å². The van der Waals surface area contributed by atoms with Crippen LogP contribution in [0.15, 0.2) is 42.5 Å². The number of carbonyl (C=O) groups excluding carboxylic acids is 3. The molecule has 0 spiro atoms. The van der Waals surface area contributed by atoms with Crippen LogP contribution in [0.2, 0.25) is 0 Å². The van der Waals surface area contributed by atoms with Gasteiger partial charge in [0.2, 0.25) is 11.8 Å². The molecule has 0 bridgehead atoms. The summed E-state index contributed by atoms with van der Waals surface area (Å²) < 4.78 is 17.3. The van der Waals surface area contributed by atoms with E-state index in [-0.39, 0.29) is 24.1 Å². The lowest BCUT2D eigenvalue weighted by atomic mass is 10.1. The van der Waals surface area contributed by atoms with Gasteiger partial charge in [0.1, 0.15) is 11.4 Å². The molecular formula is C18H17FN2O5. The fraction of sp³-hybridized carbons (Fsp3) is 0.167. The monoisotopic (exact) mass is 360 g/mol. The molecule has 0 atom stereocenters. The van der Waals surface area contributed by atoms with E-state index in [1.807, 2.05) is 0 Å². The summed E-state index contributed by atoms with van der Waals surface area (Å²) >= 11 is 0. The zero-order chi connectivity index (χ0) is 19.1. The third kappa shape index (κ3) is 5.04. The van der Waals surface area contributed by atoms with E-state index in [1.54, 1.807) is 0 Å². The van der Waals surface area contributed by atoms with Crippen LogP contribution in [0.25, 0.3) is 0 Å². The molecule has 136 valence electrons. The quantitative estimate of drug-likeness (QED) is 0.543. The van der Waals surface area contributed by atoms with Gasteiger partial charge in [-0.1, -0.05) is 6.07 Å². The number of phenolic OH excluding ortho intramolecular Hbond substituents is 1. The number of amides is 2. The number of ether oxygens (including phenoxy) is 1. The molecule has 8 heteroatoms. The molecule has 0 unspecified atom stereocenters. The summed E-state index contributed by atoms with van der Waals surface area (Å²) in [4.78, 5) is 35.3. The fourth-order valence-electron chi connectivity index (χ4n) is 2.12. The van der Waals surface area contributed by atoms with Crippen LogP contribution in [0, 0.1) is 5.82 Å². The van der Waals surface area contributed by atoms with Crippen LogP contribution in [0.5, 0.6) is 5.75 Å². The van der Waals surface area contributed by atoms with Crippen molar-refractivity contribution in [1.82, 2.24) is 0 Å². The third-order valence-corrected chi connectivity index (χ3v) is 3.42. The van der Waals surface area contributed by atoms with E-state index in [9.17, 15) is 23.9 Å². The molecule has 2 aromatic rings. The molecule has 0 aliphatic carbocycles. The Morgan fingerprint density at radius 1 is 1.00 bits per heavy atom. The predicted molar refractivity (Wildman–Crippen MR) is 92.3 cm³/mol. The predicted octanol–water partition coefficient (Wildman–Crippen LogP) is 2.68. The number of aromatic hydroxyl groups is 1. The summed E-state index contributed by atoms with van der Waals surface area (Å²) in [5.74, 6) is -2.51. The first-order valence-electron chi connectivity index (χ1n) is 7.66. The summed E-state index contributed by atoms with van der Waals surface area (Å²) in [6.45, 7) is 0. The molecule has 2 rings (SSSR count). The first kappa shape index (κ1) is 18.9. The van der Waals surface area contributed by atoms with Gasteiger partial charge in [0.25, 0.3) is 0 Å². The van der Waals surface area contributed by atoms with Crippen LogP contribution in [-0.2, 0) is 14.3 Å². The van der Waals surface area contributed by atoms with Gasteiger partial charge in [0.05, 0.1) is 12.8 Å². The molecule has 3 N–H and O–H groups in total. The van der Waals surface area contributed by atoms with Crippen molar-refractivity contribution < 1.29 is 28.6 Å². The Kier molecular flexibility index (Phi) is 6.26. The van der Waals surface area contributed by atoms with E-state index in [4.69, 9.17) is 0 Å². The highest BCUT2D eigenvalue weighted by atomic mass is 19.1. The van der Waals surface area contributed by atoms with Crippen molar-refractivity contribution in [2.75, 3.05) is 17.7 Å². The zero-order valence-corrected chi connectivity index (χ0v) is 13.9. The fourth-order valence-corrected chi connectivity index (χ4v) is 2.12. The summed E-state index contributed by atoms with van der Waals surface area (Å²) in [5.41, 5.74) is 0.372. The van der Waals surface area contributed by atoms with Crippen molar-refractivity contribution >= 4 is 29.2 Å². The van der Waals surface area contributed by atoms with E-state index < -0.39 is 29.4 Å². The first-order chi connectivity index (χ1) is 12.4. The third-order valence-electron chi connectivity index (χ3n) is 3.42. The molecule has 2 aromatic carbocycles. The number of para-hydroxylation sites is 1. The average molecular weight is 360 g/mol. The summed E-state index contributed by atoms with van der Waals surface area (Å²) in [7, 11) is 1.17. The molecule has 0 aliphatic rings. The number of carbonyl (C=O) groups is 3. The second-order valence-corrected chi connectivity index (χ2v) is 5.30. The Labute approximate surface area is 148 Å². The number of benzene rings is 2. The van der Waals surface area contributed by atoms with Crippen LogP contribution in [-0.4, -0.2) is 30.0 Å². The Hall–Kier alpha value is -3.42. The van der Waals surface area contributed by atoms with E-state index in [0.29, 0.717) is 5.69 Å². The average Bonchev–Trinajstić information content (AvgIpc) is 2.63. The second kappa shape index (κ2) is 8.61. The van der Waals surface area contributed by atoms with E-state index in [1.165, 1.54) is 49.6 Å². The number of hydrogen-bond donors (Lipinski definition) is 3. The summed E-state index contributed by atoms with van der Waals surface area (Å²) in [6.07, 6.45) is -0.254. The highest BCUT2D eigenvalue weighted by Gasteiger charge is 2.16. The Balaban J connectivity index is 1.90. The summed E-state index contributed by atoms with van der Waals surface area (Å²) in [5, 5.41) is 15.0. The van der Waals surface area contributed by atoms with Crippen LogP contribution in [0.3, 0.4) is 0 Å². The minimum atomic E-state index is -0.739. The number of hydrogen-bond acceptors (Lipinski definition) is 5. The molecule has 0 fully saturated rings. The molecule has 26 heavy (non-hydrogen) atoms. The van der Waals surface area contributed by atoms with Crippen LogP contribution in [0.1, 0.15) is 23.2 Å². The molecule has 0 heterocycles. The van der Waals surface area contributed by atoms with Crippen LogP contribution in [0.4, 0.5) is 15.8 Å². The minimum absolute atomic E-state index is 0.0387. The highest BCUT2D eigenvalue weighted by molar-refractivity contribution is 6.00. The van der Waals surface area contributed by atoms with Gasteiger partial charge in [0.15, 0.2) is 5.75 Å². The number of halogens is 1. The van der Waals surface area contributed by atoms with Gasteiger partial charge in [-0.15, -0.1) is 0 Å². The lowest BCUT2D eigenvalue weighted by Gasteiger charge is -2.10. The van der Waals surface area contributed by atoms with Crippen molar-refractivity contribution in [2.45, 2.75) is 12.8 Å². The van der Waals surface area contributed by atoms with E-state index >= 15 is 0 Å². The second-order valence-electron chi connectivity index (χ2n) is 5.30. The smallest absolute Gasteiger partial charge is 0.341 e. The SMILES string of the molecule is COC(=O)c1cccc(NC(=O)CCC(=O)Nc2ccc(F)cc2)c1O. The van der Waals surface area contributed by atoms with E-state index in [0.717, 1.165) is 0 Å². The number of rotatable bonds is 6. The van der Waals surface area contributed by atoms with Gasteiger partial charge in [-0.05, 0) is 36.4 Å². The summed E-state index contributed by atoms with van der Waals surface area (Å²) in [6, 6.07) is 9.47. The molecular weight excluding hydrogens is 343 g/mol. The largest absolute Gasteiger partial charge is 0.505 e. The molecule has 0 aliphatic heterocycles. The highest BCUT2D eigenvalue weighted by Crippen LogP contribution is 2.28. The maximum atomic E-state index is 12.8. The van der Waals surface area contributed by atoms with Gasteiger partial charge >= 0.3 is 5.97 Å². The Morgan fingerprint density at radius 2 is 1.62 bits per heavy atom. The van der Waals surface area contributed by atoms with Crippen LogP contribution >= 0.6 is 0 Å². The molecule has 0 saturated heterocycles. The van der Waals surface area contributed by atoms with Gasteiger partial charge < -0.3 is 20.5 Å². The van der Waals surface area contributed by atoms with Crippen LogP contribution < -0.4 is 10.6 Å². The standard InChI is InChI=1S/C18H17FN2O5/c1-26-18(25)13-3-2-4-14(17(13)24)21-16(23)10-9-15(22)20-12-7-5-11(19)6-8-12/h2-8,24H,9-10H2,1H3,(H,20,22)(H,21,23). The van der Waals surface area contributed by atoms with Gasteiger partial charge in [-0.2, -0.15) is 0 Å². The lowest BCUT2D eigenvalue weighted by molar-refractivity contribution is -0.121. The minimum Gasteiger partial charge on any atom is -0.505 e. The Morgan fingerprint density at radius 3 is 2.23 bits per heavy atom. The number of phenols is 1. The van der Waals surface area contributed by atoms with Gasteiger partial charge in [0, 0.05) is 18.5 Å². The lowest BCUT2D eigenvalue weighted by Crippen LogP contribution is -2.17. The first-order valence-corrected chi connectivity index (χ1v) is 7.66. The normalized spacial score (nSPS) is 10.1. The molecule has 0 radical (unpaired) electrons. The van der Waals surface area contributed by atoms with Gasteiger partial charge in [-0.25, -0.2) is 9.18 Å². The molecule has 7 nitrogen and oxygen atoms in total. The molecule has 2 amide bonds. The van der Waals surface area contributed by atoms with Crippen molar-refractivity contribution in [3.05, 3.63) is 53.8 Å². The number of methoxy groups -OCH3 is 1. The van der Waals surface area contributed by atoms with E-state index in [2.05, 4.69) is 15.4 Å². The number of anilines is 2. The van der Waals surface area contributed by atoms with Gasteiger partial charge in [-0.3, -0.25) is 9.59 Å². The Bertz CT molecular complexity index is 821.